The van der Waals surface area contributed by atoms with Crippen molar-refractivity contribution in [1.82, 2.24) is 10.6 Å². The maximum absolute atomic E-state index is 13.4. The number of halogens is 2. The molecule has 1 aromatic rings. The van der Waals surface area contributed by atoms with Gasteiger partial charge >= 0.3 is 0 Å². The summed E-state index contributed by atoms with van der Waals surface area (Å²) >= 11 is 0. The fourth-order valence-corrected chi connectivity index (χ4v) is 1.75. The maximum atomic E-state index is 13.4. The molecule has 2 N–H and O–H groups in total. The van der Waals surface area contributed by atoms with Gasteiger partial charge in [0.25, 0.3) is 0 Å². The lowest BCUT2D eigenvalue weighted by atomic mass is 10.1. The molecule has 0 aromatic heterocycles. The monoisotopic (exact) mass is 270 g/mol. The zero-order valence-electron chi connectivity index (χ0n) is 12.2. The van der Waals surface area contributed by atoms with Gasteiger partial charge in [-0.05, 0) is 52.8 Å². The first-order chi connectivity index (χ1) is 8.79. The Labute approximate surface area is 114 Å². The van der Waals surface area contributed by atoms with Crippen LogP contribution in [0.2, 0.25) is 0 Å². The van der Waals surface area contributed by atoms with Crippen LogP contribution < -0.4 is 10.6 Å². The van der Waals surface area contributed by atoms with E-state index in [4.69, 9.17) is 0 Å². The van der Waals surface area contributed by atoms with Gasteiger partial charge in [0.15, 0.2) is 0 Å². The summed E-state index contributed by atoms with van der Waals surface area (Å²) in [7, 11) is 0. The molecule has 4 heteroatoms. The quantitative estimate of drug-likeness (QED) is 0.830. The fourth-order valence-electron chi connectivity index (χ4n) is 1.75. The van der Waals surface area contributed by atoms with Gasteiger partial charge in [0, 0.05) is 23.7 Å². The predicted octanol–water partition coefficient (Wildman–Crippen LogP) is 2.87. The Morgan fingerprint density at radius 3 is 2.26 bits per heavy atom. The van der Waals surface area contributed by atoms with E-state index in [0.717, 1.165) is 6.54 Å². The van der Waals surface area contributed by atoms with E-state index in [1.54, 1.807) is 0 Å². The highest BCUT2D eigenvalue weighted by atomic mass is 19.1. The molecule has 2 nitrogen and oxygen atoms in total. The summed E-state index contributed by atoms with van der Waals surface area (Å²) < 4.78 is 26.8. The van der Waals surface area contributed by atoms with Gasteiger partial charge in [-0.1, -0.05) is 6.07 Å². The second-order valence-corrected chi connectivity index (χ2v) is 5.94. The van der Waals surface area contributed by atoms with Crippen molar-refractivity contribution in [2.75, 3.05) is 13.1 Å². The van der Waals surface area contributed by atoms with E-state index < -0.39 is 11.6 Å². The van der Waals surface area contributed by atoms with Crippen molar-refractivity contribution < 1.29 is 8.78 Å². The van der Waals surface area contributed by atoms with Gasteiger partial charge in [-0.2, -0.15) is 0 Å². The van der Waals surface area contributed by atoms with Crippen LogP contribution in [0.15, 0.2) is 18.2 Å². The average Bonchev–Trinajstić information content (AvgIpc) is 2.29. The Bertz CT molecular complexity index is 379. The number of rotatable bonds is 6. The van der Waals surface area contributed by atoms with Gasteiger partial charge in [0.05, 0.1) is 0 Å². The standard InChI is InChI=1S/C15H24F2N2/c1-11(10-19-15(2,3)4)18-9-8-12-13(16)6-5-7-14(12)17/h5-7,11,18-19H,8-10H2,1-4H3. The summed E-state index contributed by atoms with van der Waals surface area (Å²) in [5.41, 5.74) is 0.235. The Morgan fingerprint density at radius 1 is 1.16 bits per heavy atom. The van der Waals surface area contributed by atoms with Crippen LogP contribution in [0, 0.1) is 11.6 Å². The van der Waals surface area contributed by atoms with Crippen molar-refractivity contribution in [2.24, 2.45) is 0 Å². The number of nitrogens with one attached hydrogen (secondary N) is 2. The molecule has 0 saturated heterocycles. The van der Waals surface area contributed by atoms with Crippen LogP contribution in [0.4, 0.5) is 8.78 Å². The van der Waals surface area contributed by atoms with Crippen LogP contribution in [-0.4, -0.2) is 24.7 Å². The summed E-state index contributed by atoms with van der Waals surface area (Å²) in [6.45, 7) is 9.75. The molecule has 19 heavy (non-hydrogen) atoms. The Balaban J connectivity index is 2.34. The average molecular weight is 270 g/mol. The van der Waals surface area contributed by atoms with Crippen LogP contribution in [0.5, 0.6) is 0 Å². The first-order valence-electron chi connectivity index (χ1n) is 6.71. The molecule has 108 valence electrons. The summed E-state index contributed by atoms with van der Waals surface area (Å²) in [5.74, 6) is -0.940. The topological polar surface area (TPSA) is 24.1 Å². The van der Waals surface area contributed by atoms with Gasteiger partial charge in [-0.3, -0.25) is 0 Å². The molecule has 1 atom stereocenters. The molecule has 0 fully saturated rings. The molecule has 1 rings (SSSR count). The van der Waals surface area contributed by atoms with Gasteiger partial charge in [-0.25, -0.2) is 8.78 Å². The Hall–Kier alpha value is -1.00. The van der Waals surface area contributed by atoms with Crippen molar-refractivity contribution in [3.63, 3.8) is 0 Å². The third-order valence-corrected chi connectivity index (χ3v) is 2.87. The van der Waals surface area contributed by atoms with E-state index in [-0.39, 0.29) is 17.1 Å². The molecule has 0 spiro atoms. The van der Waals surface area contributed by atoms with Crippen LogP contribution in [0.1, 0.15) is 33.3 Å². The maximum Gasteiger partial charge on any atom is 0.129 e. The minimum atomic E-state index is -0.470. The molecule has 0 amide bonds. The number of hydrogen-bond acceptors (Lipinski definition) is 2. The lowest BCUT2D eigenvalue weighted by molar-refractivity contribution is 0.388. The third kappa shape index (κ3) is 6.12. The first kappa shape index (κ1) is 16.1. The van der Waals surface area contributed by atoms with Crippen molar-refractivity contribution >= 4 is 0 Å². The molecule has 0 aliphatic carbocycles. The largest absolute Gasteiger partial charge is 0.313 e. The van der Waals surface area contributed by atoms with E-state index in [1.165, 1.54) is 18.2 Å². The fraction of sp³-hybridized carbons (Fsp3) is 0.600. The van der Waals surface area contributed by atoms with Gasteiger partial charge in [0.2, 0.25) is 0 Å². The van der Waals surface area contributed by atoms with Crippen molar-refractivity contribution in [1.29, 1.82) is 0 Å². The molecule has 0 radical (unpaired) electrons. The molecule has 0 bridgehead atoms. The van der Waals surface area contributed by atoms with Crippen molar-refractivity contribution in [3.05, 3.63) is 35.4 Å². The molecule has 0 aliphatic heterocycles. The minimum Gasteiger partial charge on any atom is -0.313 e. The SMILES string of the molecule is CC(CNC(C)(C)C)NCCc1c(F)cccc1F. The third-order valence-electron chi connectivity index (χ3n) is 2.87. The molecule has 1 aromatic carbocycles. The molecule has 0 heterocycles. The molecular weight excluding hydrogens is 246 g/mol. The summed E-state index contributed by atoms with van der Waals surface area (Å²) in [6, 6.07) is 4.23. The lowest BCUT2D eigenvalue weighted by Gasteiger charge is -2.24. The molecule has 0 saturated carbocycles. The van der Waals surface area contributed by atoms with Gasteiger partial charge in [0.1, 0.15) is 11.6 Å². The minimum absolute atomic E-state index is 0.0770. The summed E-state index contributed by atoms with van der Waals surface area (Å²) in [4.78, 5) is 0. The second-order valence-electron chi connectivity index (χ2n) is 5.94. The van der Waals surface area contributed by atoms with Crippen LogP contribution in [0.3, 0.4) is 0 Å². The van der Waals surface area contributed by atoms with Crippen LogP contribution in [0.25, 0.3) is 0 Å². The second kappa shape index (κ2) is 6.96. The van der Waals surface area contributed by atoms with Gasteiger partial charge in [-0.15, -0.1) is 0 Å². The van der Waals surface area contributed by atoms with Gasteiger partial charge < -0.3 is 10.6 Å². The predicted molar refractivity (Wildman–Crippen MR) is 75.3 cm³/mol. The highest BCUT2D eigenvalue weighted by molar-refractivity contribution is 5.19. The zero-order chi connectivity index (χ0) is 14.5. The number of hydrogen-bond donors (Lipinski definition) is 2. The molecular formula is C15H24F2N2. The Morgan fingerprint density at radius 2 is 1.74 bits per heavy atom. The van der Waals surface area contributed by atoms with E-state index >= 15 is 0 Å². The molecule has 0 aliphatic rings. The van der Waals surface area contributed by atoms with Crippen molar-refractivity contribution in [2.45, 2.75) is 45.7 Å². The highest BCUT2D eigenvalue weighted by Crippen LogP contribution is 2.12. The number of benzene rings is 1. The summed E-state index contributed by atoms with van der Waals surface area (Å²) in [5, 5.41) is 6.64. The highest BCUT2D eigenvalue weighted by Gasteiger charge is 2.11. The normalized spacial score (nSPS) is 13.6. The van der Waals surface area contributed by atoms with E-state index in [0.29, 0.717) is 13.0 Å². The van der Waals surface area contributed by atoms with Crippen LogP contribution >= 0.6 is 0 Å². The van der Waals surface area contributed by atoms with Crippen LogP contribution in [-0.2, 0) is 6.42 Å². The zero-order valence-corrected chi connectivity index (χ0v) is 12.2. The van der Waals surface area contributed by atoms with Crippen molar-refractivity contribution in [3.8, 4) is 0 Å². The van der Waals surface area contributed by atoms with E-state index in [1.807, 2.05) is 0 Å². The van der Waals surface area contributed by atoms with E-state index in [9.17, 15) is 8.78 Å². The smallest absolute Gasteiger partial charge is 0.129 e. The molecule has 1 unspecified atom stereocenters. The summed E-state index contributed by atoms with van der Waals surface area (Å²) in [6.07, 6.45) is 0.359. The lowest BCUT2D eigenvalue weighted by Crippen LogP contribution is -2.45. The first-order valence-corrected chi connectivity index (χ1v) is 6.71. The Kier molecular flexibility index (Phi) is 5.88. The van der Waals surface area contributed by atoms with E-state index in [2.05, 4.69) is 38.3 Å².